The monoisotopic (exact) mass is 419 g/mol. The third-order valence-electron chi connectivity index (χ3n) is 4.09. The lowest BCUT2D eigenvalue weighted by molar-refractivity contribution is -0.119. The van der Waals surface area contributed by atoms with E-state index < -0.39 is 22.5 Å². The zero-order chi connectivity index (χ0) is 21.4. The quantitative estimate of drug-likeness (QED) is 0.479. The van der Waals surface area contributed by atoms with Gasteiger partial charge in [0, 0.05) is 6.07 Å². The molecule has 0 aliphatic rings. The maximum Gasteiger partial charge on any atom is 0.255 e. The Morgan fingerprint density at radius 1 is 1.07 bits per heavy atom. The molecule has 0 saturated heterocycles. The van der Waals surface area contributed by atoms with Gasteiger partial charge in [-0.25, -0.2) is 18.6 Å². The van der Waals surface area contributed by atoms with Gasteiger partial charge in [0.15, 0.2) is 11.5 Å². The van der Waals surface area contributed by atoms with Crippen LogP contribution in [0.25, 0.3) is 0 Å². The molecular formula is C20H25N3O5S. The second-order valence-corrected chi connectivity index (χ2v) is 8.22. The molecule has 0 spiro atoms. The van der Waals surface area contributed by atoms with Gasteiger partial charge in [-0.15, -0.1) is 0 Å². The van der Waals surface area contributed by atoms with Crippen LogP contribution in [-0.4, -0.2) is 41.3 Å². The van der Waals surface area contributed by atoms with E-state index in [1.165, 1.54) is 44.2 Å². The van der Waals surface area contributed by atoms with Crippen LogP contribution < -0.4 is 19.6 Å². The Morgan fingerprint density at radius 3 is 2.31 bits per heavy atom. The number of hydrogen-bond donors (Lipinski definition) is 2. The van der Waals surface area contributed by atoms with Gasteiger partial charge in [-0.1, -0.05) is 38.1 Å². The average molecular weight is 420 g/mol. The molecule has 0 fully saturated rings. The van der Waals surface area contributed by atoms with E-state index in [0.717, 1.165) is 5.56 Å². The summed E-state index contributed by atoms with van der Waals surface area (Å²) in [4.78, 5) is 11.8. The van der Waals surface area contributed by atoms with Crippen molar-refractivity contribution in [2.24, 2.45) is 5.10 Å². The van der Waals surface area contributed by atoms with E-state index in [1.807, 2.05) is 24.3 Å². The number of carbonyl (C=O) groups is 1. The van der Waals surface area contributed by atoms with Crippen LogP contribution in [0, 0.1) is 0 Å². The lowest BCUT2D eigenvalue weighted by atomic mass is 10.0. The van der Waals surface area contributed by atoms with E-state index in [0.29, 0.717) is 11.7 Å². The number of ether oxygens (including phenoxy) is 2. The van der Waals surface area contributed by atoms with Crippen molar-refractivity contribution >= 4 is 22.1 Å². The third-order valence-corrected chi connectivity index (χ3v) is 5.49. The smallest absolute Gasteiger partial charge is 0.255 e. The summed E-state index contributed by atoms with van der Waals surface area (Å²) in [6.07, 6.45) is 1.49. The van der Waals surface area contributed by atoms with Gasteiger partial charge in [0.05, 0.1) is 31.9 Å². The molecule has 1 amide bonds. The van der Waals surface area contributed by atoms with E-state index >= 15 is 0 Å². The first-order valence-corrected chi connectivity index (χ1v) is 10.4. The van der Waals surface area contributed by atoms with Crippen molar-refractivity contribution in [3.05, 3.63) is 53.6 Å². The van der Waals surface area contributed by atoms with E-state index in [4.69, 9.17) is 9.47 Å². The first kappa shape index (κ1) is 22.4. The molecule has 0 atom stereocenters. The second-order valence-electron chi connectivity index (χ2n) is 6.46. The molecule has 0 bridgehead atoms. The summed E-state index contributed by atoms with van der Waals surface area (Å²) in [5.74, 6) is 0.511. The molecular weight excluding hydrogens is 394 g/mol. The van der Waals surface area contributed by atoms with Crippen molar-refractivity contribution in [2.75, 3.05) is 20.8 Å². The molecule has 9 heteroatoms. The number of hydrazone groups is 1. The predicted molar refractivity (Wildman–Crippen MR) is 111 cm³/mol. The van der Waals surface area contributed by atoms with E-state index in [2.05, 4.69) is 29.1 Å². The van der Waals surface area contributed by atoms with Crippen LogP contribution in [0.15, 0.2) is 52.5 Å². The number of amides is 1. The van der Waals surface area contributed by atoms with Crippen molar-refractivity contribution in [2.45, 2.75) is 24.7 Å². The van der Waals surface area contributed by atoms with Crippen molar-refractivity contribution in [3.8, 4) is 11.5 Å². The Labute approximate surface area is 171 Å². The third kappa shape index (κ3) is 6.30. The molecule has 2 aromatic carbocycles. The van der Waals surface area contributed by atoms with Crippen molar-refractivity contribution in [1.82, 2.24) is 10.1 Å². The molecule has 0 aromatic heterocycles. The Morgan fingerprint density at radius 2 is 1.72 bits per heavy atom. The van der Waals surface area contributed by atoms with Gasteiger partial charge >= 0.3 is 0 Å². The van der Waals surface area contributed by atoms with Crippen molar-refractivity contribution < 1.29 is 22.7 Å². The van der Waals surface area contributed by atoms with E-state index in [1.54, 1.807) is 0 Å². The fraction of sp³-hybridized carbons (Fsp3) is 0.300. The molecule has 2 aromatic rings. The summed E-state index contributed by atoms with van der Waals surface area (Å²) in [5.41, 5.74) is 4.32. The highest BCUT2D eigenvalue weighted by Crippen LogP contribution is 2.29. The van der Waals surface area contributed by atoms with Crippen molar-refractivity contribution in [3.63, 3.8) is 0 Å². The molecule has 0 unspecified atom stereocenters. The lowest BCUT2D eigenvalue weighted by Gasteiger charge is -2.10. The summed E-state index contributed by atoms with van der Waals surface area (Å²) >= 11 is 0. The number of rotatable bonds is 9. The van der Waals surface area contributed by atoms with Crippen LogP contribution in [0.5, 0.6) is 11.5 Å². The van der Waals surface area contributed by atoms with E-state index in [-0.39, 0.29) is 10.6 Å². The van der Waals surface area contributed by atoms with Gasteiger partial charge in [0.25, 0.3) is 5.91 Å². The Kier molecular flexibility index (Phi) is 7.74. The SMILES string of the molecule is COc1ccc(S(=O)(=O)NCC(=O)N/N=C\c2ccc(C(C)C)cc2)cc1OC. The molecule has 0 saturated carbocycles. The molecule has 0 aliphatic heterocycles. The highest BCUT2D eigenvalue weighted by Gasteiger charge is 2.18. The summed E-state index contributed by atoms with van der Waals surface area (Å²) in [7, 11) is -1.04. The number of methoxy groups -OCH3 is 2. The maximum atomic E-state index is 12.4. The lowest BCUT2D eigenvalue weighted by Crippen LogP contribution is -2.34. The van der Waals surface area contributed by atoms with Gasteiger partial charge in [0.2, 0.25) is 10.0 Å². The first-order valence-electron chi connectivity index (χ1n) is 8.90. The molecule has 29 heavy (non-hydrogen) atoms. The van der Waals surface area contributed by atoms with Crippen LogP contribution in [0.4, 0.5) is 0 Å². The fourth-order valence-corrected chi connectivity index (χ4v) is 3.41. The standard InChI is InChI=1S/C20H25N3O5S/c1-14(2)16-7-5-15(6-8-16)12-21-23-20(24)13-22-29(25,26)17-9-10-18(27-3)19(11-17)28-4/h5-12,14,22H,13H2,1-4H3,(H,23,24)/b21-12-. The summed E-state index contributed by atoms with van der Waals surface area (Å²) in [5, 5.41) is 3.84. The van der Waals surface area contributed by atoms with Gasteiger partial charge < -0.3 is 9.47 Å². The molecule has 156 valence electrons. The Hall–Kier alpha value is -2.91. The number of carbonyl (C=O) groups excluding carboxylic acids is 1. The van der Waals surface area contributed by atoms with Crippen LogP contribution in [0.3, 0.4) is 0 Å². The van der Waals surface area contributed by atoms with Crippen LogP contribution in [0.1, 0.15) is 30.9 Å². The number of nitrogens with one attached hydrogen (secondary N) is 2. The maximum absolute atomic E-state index is 12.4. The molecule has 0 heterocycles. The zero-order valence-electron chi connectivity index (χ0n) is 16.8. The van der Waals surface area contributed by atoms with Crippen LogP contribution in [-0.2, 0) is 14.8 Å². The van der Waals surface area contributed by atoms with Crippen LogP contribution in [0.2, 0.25) is 0 Å². The molecule has 2 N–H and O–H groups in total. The number of hydrogen-bond acceptors (Lipinski definition) is 6. The normalized spacial score (nSPS) is 11.6. The zero-order valence-corrected chi connectivity index (χ0v) is 17.6. The fourth-order valence-electron chi connectivity index (χ4n) is 2.41. The highest BCUT2D eigenvalue weighted by atomic mass is 32.2. The Bertz CT molecular complexity index is 970. The van der Waals surface area contributed by atoms with Crippen molar-refractivity contribution in [1.29, 1.82) is 0 Å². The molecule has 2 rings (SSSR count). The minimum absolute atomic E-state index is 0.0447. The topological polar surface area (TPSA) is 106 Å². The van der Waals surface area contributed by atoms with Crippen LogP contribution >= 0.6 is 0 Å². The van der Waals surface area contributed by atoms with Gasteiger partial charge in [-0.05, 0) is 29.2 Å². The number of nitrogens with zero attached hydrogens (tertiary/aromatic N) is 1. The largest absolute Gasteiger partial charge is 0.493 e. The number of benzene rings is 2. The minimum atomic E-state index is -3.90. The van der Waals surface area contributed by atoms with Gasteiger partial charge in [-0.2, -0.15) is 5.10 Å². The summed E-state index contributed by atoms with van der Waals surface area (Å²) in [6.45, 7) is 3.75. The predicted octanol–water partition coefficient (Wildman–Crippen LogP) is 2.26. The first-order chi connectivity index (χ1) is 13.8. The second kappa shape index (κ2) is 10.0. The summed E-state index contributed by atoms with van der Waals surface area (Å²) < 4.78 is 37.1. The highest BCUT2D eigenvalue weighted by molar-refractivity contribution is 7.89. The average Bonchev–Trinajstić information content (AvgIpc) is 2.72. The molecule has 0 radical (unpaired) electrons. The van der Waals surface area contributed by atoms with Gasteiger partial charge in [-0.3, -0.25) is 4.79 Å². The number of sulfonamides is 1. The molecule has 0 aliphatic carbocycles. The molecule has 8 nitrogen and oxygen atoms in total. The Balaban J connectivity index is 1.92. The summed E-state index contributed by atoms with van der Waals surface area (Å²) in [6, 6.07) is 11.9. The minimum Gasteiger partial charge on any atom is -0.493 e. The van der Waals surface area contributed by atoms with E-state index in [9.17, 15) is 13.2 Å². The van der Waals surface area contributed by atoms with Gasteiger partial charge in [0.1, 0.15) is 0 Å².